The van der Waals surface area contributed by atoms with Gasteiger partial charge in [0, 0.05) is 24.2 Å². The SMILES string of the molecule is CC1(O)CCN(c2cc(C(=O)O)cc(C(C)(C)C)n2)C1. The molecule has 2 rings (SSSR count). The molecule has 1 unspecified atom stereocenters. The van der Waals surface area contributed by atoms with E-state index in [1.54, 1.807) is 19.1 Å². The number of aromatic carboxylic acids is 1. The van der Waals surface area contributed by atoms with Gasteiger partial charge in [0.05, 0.1) is 11.2 Å². The third kappa shape index (κ3) is 3.10. The lowest BCUT2D eigenvalue weighted by Crippen LogP contribution is -2.30. The van der Waals surface area contributed by atoms with Crippen LogP contribution in [0.4, 0.5) is 5.82 Å². The Balaban J connectivity index is 2.43. The molecule has 0 aromatic carbocycles. The third-order valence-electron chi connectivity index (χ3n) is 3.60. The van der Waals surface area contributed by atoms with Gasteiger partial charge in [-0.3, -0.25) is 0 Å². The fourth-order valence-corrected chi connectivity index (χ4v) is 2.33. The molecule has 0 spiro atoms. The molecule has 1 atom stereocenters. The van der Waals surface area contributed by atoms with Crippen LogP contribution in [0, 0.1) is 0 Å². The highest BCUT2D eigenvalue weighted by Gasteiger charge is 2.33. The first kappa shape index (κ1) is 14.8. The number of carboxylic acids is 1. The van der Waals surface area contributed by atoms with Crippen molar-refractivity contribution in [2.75, 3.05) is 18.0 Å². The van der Waals surface area contributed by atoms with Gasteiger partial charge in [0.2, 0.25) is 0 Å². The van der Waals surface area contributed by atoms with Crippen molar-refractivity contribution in [1.82, 2.24) is 4.98 Å². The molecule has 0 bridgehead atoms. The number of aromatic nitrogens is 1. The van der Waals surface area contributed by atoms with Crippen molar-refractivity contribution in [2.24, 2.45) is 0 Å². The van der Waals surface area contributed by atoms with Gasteiger partial charge in [-0.25, -0.2) is 9.78 Å². The maximum atomic E-state index is 11.3. The number of rotatable bonds is 2. The molecule has 110 valence electrons. The zero-order valence-corrected chi connectivity index (χ0v) is 12.5. The van der Waals surface area contributed by atoms with E-state index in [0.29, 0.717) is 25.3 Å². The average molecular weight is 278 g/mol. The maximum absolute atomic E-state index is 11.3. The number of carbonyl (C=O) groups is 1. The predicted molar refractivity (Wildman–Crippen MR) is 77.4 cm³/mol. The first-order valence-electron chi connectivity index (χ1n) is 6.82. The Labute approximate surface area is 119 Å². The van der Waals surface area contributed by atoms with Crippen molar-refractivity contribution in [3.63, 3.8) is 0 Å². The summed E-state index contributed by atoms with van der Waals surface area (Å²) < 4.78 is 0. The van der Waals surface area contributed by atoms with Crippen LogP contribution in [0.15, 0.2) is 12.1 Å². The van der Waals surface area contributed by atoms with Crippen molar-refractivity contribution >= 4 is 11.8 Å². The van der Waals surface area contributed by atoms with E-state index in [2.05, 4.69) is 4.98 Å². The zero-order chi connectivity index (χ0) is 15.1. The highest BCUT2D eigenvalue weighted by molar-refractivity contribution is 5.88. The number of β-amino-alcohol motifs (C(OH)–C–C–N with tert-alkyl or cyclic N) is 1. The lowest BCUT2D eigenvalue weighted by atomic mass is 9.90. The molecule has 0 radical (unpaired) electrons. The highest BCUT2D eigenvalue weighted by atomic mass is 16.4. The third-order valence-corrected chi connectivity index (χ3v) is 3.60. The molecule has 5 nitrogen and oxygen atoms in total. The summed E-state index contributed by atoms with van der Waals surface area (Å²) in [5, 5.41) is 19.3. The van der Waals surface area contributed by atoms with Gasteiger partial charge < -0.3 is 15.1 Å². The van der Waals surface area contributed by atoms with E-state index in [-0.39, 0.29) is 11.0 Å². The van der Waals surface area contributed by atoms with Gasteiger partial charge in [0.1, 0.15) is 5.82 Å². The van der Waals surface area contributed by atoms with Gasteiger partial charge in [-0.2, -0.15) is 0 Å². The Hall–Kier alpha value is -1.62. The van der Waals surface area contributed by atoms with Gasteiger partial charge in [-0.1, -0.05) is 20.8 Å². The molecular weight excluding hydrogens is 256 g/mol. The molecule has 1 aliphatic rings. The second kappa shape index (κ2) is 4.74. The Morgan fingerprint density at radius 2 is 2.05 bits per heavy atom. The van der Waals surface area contributed by atoms with Crippen LogP contribution in [0.3, 0.4) is 0 Å². The van der Waals surface area contributed by atoms with E-state index in [0.717, 1.165) is 5.69 Å². The number of hydrogen-bond donors (Lipinski definition) is 2. The quantitative estimate of drug-likeness (QED) is 0.866. The number of carboxylic acid groups (broad SMARTS) is 1. The van der Waals surface area contributed by atoms with Crippen LogP contribution in [0.1, 0.15) is 50.2 Å². The minimum atomic E-state index is -0.954. The minimum absolute atomic E-state index is 0.220. The summed E-state index contributed by atoms with van der Waals surface area (Å²) in [5.74, 6) is -0.322. The largest absolute Gasteiger partial charge is 0.478 e. The molecule has 1 aromatic rings. The summed E-state index contributed by atoms with van der Waals surface area (Å²) in [6, 6.07) is 3.21. The molecular formula is C15H22N2O3. The molecule has 2 N–H and O–H groups in total. The van der Waals surface area contributed by atoms with Gasteiger partial charge >= 0.3 is 5.97 Å². The van der Waals surface area contributed by atoms with Gasteiger partial charge in [0.25, 0.3) is 0 Å². The highest BCUT2D eigenvalue weighted by Crippen LogP contribution is 2.29. The normalized spacial score (nSPS) is 23.1. The van der Waals surface area contributed by atoms with Crippen LogP contribution in [0.25, 0.3) is 0 Å². The smallest absolute Gasteiger partial charge is 0.335 e. The second-order valence-electron chi connectivity index (χ2n) is 6.82. The molecule has 1 aliphatic heterocycles. The van der Waals surface area contributed by atoms with E-state index < -0.39 is 11.6 Å². The summed E-state index contributed by atoms with van der Waals surface area (Å²) in [4.78, 5) is 17.8. The lowest BCUT2D eigenvalue weighted by molar-refractivity contribution is 0.0696. The van der Waals surface area contributed by atoms with E-state index >= 15 is 0 Å². The van der Waals surface area contributed by atoms with Crippen LogP contribution >= 0.6 is 0 Å². The van der Waals surface area contributed by atoms with Gasteiger partial charge in [-0.15, -0.1) is 0 Å². The van der Waals surface area contributed by atoms with Crippen molar-refractivity contribution in [1.29, 1.82) is 0 Å². The van der Waals surface area contributed by atoms with Gasteiger partial charge in [0.15, 0.2) is 0 Å². The van der Waals surface area contributed by atoms with Crippen LogP contribution in [-0.2, 0) is 5.41 Å². The molecule has 2 heterocycles. The van der Waals surface area contributed by atoms with E-state index in [1.807, 2.05) is 25.7 Å². The summed E-state index contributed by atoms with van der Waals surface area (Å²) >= 11 is 0. The Morgan fingerprint density at radius 1 is 1.40 bits per heavy atom. The Kier molecular flexibility index (Phi) is 3.50. The molecule has 0 amide bonds. The molecule has 1 saturated heterocycles. The maximum Gasteiger partial charge on any atom is 0.335 e. The van der Waals surface area contributed by atoms with Crippen LogP contribution in [0.5, 0.6) is 0 Å². The van der Waals surface area contributed by atoms with E-state index in [1.165, 1.54) is 0 Å². The predicted octanol–water partition coefficient (Wildman–Crippen LogP) is 2.04. The van der Waals surface area contributed by atoms with Crippen LogP contribution in [0.2, 0.25) is 0 Å². The average Bonchev–Trinajstić information content (AvgIpc) is 2.68. The number of aliphatic hydroxyl groups is 1. The topological polar surface area (TPSA) is 73.7 Å². The standard InChI is InChI=1S/C15H22N2O3/c1-14(2,3)11-7-10(13(18)19)8-12(16-11)17-6-5-15(4,20)9-17/h7-8,20H,5-6,9H2,1-4H3,(H,18,19). The summed E-state index contributed by atoms with van der Waals surface area (Å²) in [5.41, 5.74) is 0.0380. The number of pyridine rings is 1. The molecule has 0 saturated carbocycles. The fraction of sp³-hybridized carbons (Fsp3) is 0.600. The summed E-state index contributed by atoms with van der Waals surface area (Å²) in [7, 11) is 0. The molecule has 1 aromatic heterocycles. The molecule has 1 fully saturated rings. The zero-order valence-electron chi connectivity index (χ0n) is 12.5. The van der Waals surface area contributed by atoms with Crippen molar-refractivity contribution < 1.29 is 15.0 Å². The second-order valence-corrected chi connectivity index (χ2v) is 6.82. The molecule has 5 heteroatoms. The number of anilines is 1. The number of nitrogens with zero attached hydrogens (tertiary/aromatic N) is 2. The van der Waals surface area contributed by atoms with Crippen LogP contribution in [-0.4, -0.2) is 39.9 Å². The fourth-order valence-electron chi connectivity index (χ4n) is 2.33. The first-order chi connectivity index (χ1) is 9.08. The van der Waals surface area contributed by atoms with Crippen molar-refractivity contribution in [3.05, 3.63) is 23.4 Å². The molecule has 20 heavy (non-hydrogen) atoms. The summed E-state index contributed by atoms with van der Waals surface area (Å²) in [6.07, 6.45) is 0.664. The van der Waals surface area contributed by atoms with E-state index in [4.69, 9.17) is 0 Å². The number of hydrogen-bond acceptors (Lipinski definition) is 4. The monoisotopic (exact) mass is 278 g/mol. The van der Waals surface area contributed by atoms with E-state index in [9.17, 15) is 15.0 Å². The lowest BCUT2D eigenvalue weighted by Gasteiger charge is -2.24. The minimum Gasteiger partial charge on any atom is -0.478 e. The van der Waals surface area contributed by atoms with Crippen molar-refractivity contribution in [3.8, 4) is 0 Å². The Morgan fingerprint density at radius 3 is 2.50 bits per heavy atom. The first-order valence-corrected chi connectivity index (χ1v) is 6.82. The van der Waals surface area contributed by atoms with Gasteiger partial charge in [-0.05, 0) is 25.5 Å². The van der Waals surface area contributed by atoms with Crippen molar-refractivity contribution in [2.45, 2.75) is 45.1 Å². The van der Waals surface area contributed by atoms with Crippen LogP contribution < -0.4 is 4.90 Å². The molecule has 0 aliphatic carbocycles. The Bertz CT molecular complexity index is 532. The summed E-state index contributed by atoms with van der Waals surface area (Å²) in [6.45, 7) is 8.97.